The molecule has 3 heterocycles. The van der Waals surface area contributed by atoms with E-state index in [-0.39, 0.29) is 29.9 Å². The molecule has 0 radical (unpaired) electrons. The predicted octanol–water partition coefficient (Wildman–Crippen LogP) is 4.76. The summed E-state index contributed by atoms with van der Waals surface area (Å²) in [5.74, 6) is 0.0767. The van der Waals surface area contributed by atoms with Crippen molar-refractivity contribution >= 4 is 17.4 Å². The molecule has 0 spiro atoms. The number of amides is 1. The zero-order valence-electron chi connectivity index (χ0n) is 19.8. The Morgan fingerprint density at radius 3 is 2.81 bits per heavy atom. The van der Waals surface area contributed by atoms with Crippen molar-refractivity contribution in [3.05, 3.63) is 83.2 Å². The smallest absolute Gasteiger partial charge is 0.256 e. The van der Waals surface area contributed by atoms with Crippen molar-refractivity contribution in [1.29, 1.82) is 0 Å². The van der Waals surface area contributed by atoms with E-state index in [4.69, 9.17) is 10.2 Å². The van der Waals surface area contributed by atoms with Crippen LogP contribution < -0.4 is 11.1 Å². The molecule has 4 aromatic rings. The van der Waals surface area contributed by atoms with Crippen LogP contribution in [-0.4, -0.2) is 30.6 Å². The van der Waals surface area contributed by atoms with Gasteiger partial charge in [0.25, 0.3) is 5.91 Å². The van der Waals surface area contributed by atoms with Crippen LogP contribution in [0.5, 0.6) is 0 Å². The first kappa shape index (κ1) is 23.2. The van der Waals surface area contributed by atoms with E-state index in [0.717, 1.165) is 24.0 Å². The highest BCUT2D eigenvalue weighted by molar-refractivity contribution is 6.08. The quantitative estimate of drug-likeness (QED) is 0.403. The van der Waals surface area contributed by atoms with E-state index >= 15 is 0 Å². The average molecular weight is 486 g/mol. The van der Waals surface area contributed by atoms with E-state index in [1.807, 2.05) is 19.9 Å². The molecule has 9 nitrogen and oxygen atoms in total. The molecular weight excluding hydrogens is 461 g/mol. The summed E-state index contributed by atoms with van der Waals surface area (Å²) in [6.07, 6.45) is 8.23. The van der Waals surface area contributed by atoms with Crippen molar-refractivity contribution in [2.45, 2.75) is 33.2 Å². The van der Waals surface area contributed by atoms with Crippen molar-refractivity contribution in [3.63, 3.8) is 0 Å². The normalized spacial score (nSPS) is 13.6. The lowest BCUT2D eigenvalue weighted by atomic mass is 9.92. The number of carbonyl (C=O) groups excluding carboxylic acids is 1. The summed E-state index contributed by atoms with van der Waals surface area (Å²) in [6, 6.07) is 8.16. The fourth-order valence-electron chi connectivity index (χ4n) is 4.20. The van der Waals surface area contributed by atoms with Crippen molar-refractivity contribution in [2.24, 2.45) is 0 Å². The molecule has 0 saturated heterocycles. The molecule has 0 aliphatic heterocycles. The van der Waals surface area contributed by atoms with Gasteiger partial charge in [-0.1, -0.05) is 29.8 Å². The Morgan fingerprint density at radius 2 is 2.08 bits per heavy atom. The van der Waals surface area contributed by atoms with Crippen LogP contribution in [0.15, 0.2) is 76.2 Å². The Bertz CT molecular complexity index is 1500. The number of benzene rings is 1. The molecule has 182 valence electrons. The maximum Gasteiger partial charge on any atom is 0.256 e. The molecule has 1 aromatic carbocycles. The monoisotopic (exact) mass is 485 g/mol. The molecule has 0 unspecified atom stereocenters. The number of aromatic nitrogens is 5. The third-order valence-corrected chi connectivity index (χ3v) is 6.02. The molecule has 3 aromatic heterocycles. The lowest BCUT2D eigenvalue weighted by Gasteiger charge is -2.17. The standard InChI is InChI=1S/C26H24FN7O2/c1-15-6-5-7-16(2)22(15)25(35)31-20-13-30-24(32-23(20)28)19-12-21(26-29-10-11-36-26)34(33-19)14-17-8-3-4-9-18(17)27/h3-4,6,8-13H,5,7,14H2,1-2H3,(H,31,35)(H2,28,30,32). The van der Waals surface area contributed by atoms with Crippen LogP contribution in [0.1, 0.15) is 32.3 Å². The molecule has 0 atom stereocenters. The van der Waals surface area contributed by atoms with Gasteiger partial charge in [-0.05, 0) is 38.3 Å². The van der Waals surface area contributed by atoms with Crippen molar-refractivity contribution in [2.75, 3.05) is 11.1 Å². The second-order valence-corrected chi connectivity index (χ2v) is 8.53. The summed E-state index contributed by atoms with van der Waals surface area (Å²) < 4.78 is 21.3. The van der Waals surface area contributed by atoms with Crippen molar-refractivity contribution in [3.8, 4) is 23.1 Å². The molecule has 36 heavy (non-hydrogen) atoms. The summed E-state index contributed by atoms with van der Waals surface area (Å²) in [6.45, 7) is 4.02. The number of carbonyl (C=O) groups is 1. The van der Waals surface area contributed by atoms with Gasteiger partial charge in [0.15, 0.2) is 11.6 Å². The SMILES string of the molecule is CC1=CCCC(C)=C1C(=O)Nc1cnc(-c2cc(-c3ncco3)n(Cc3ccccc3F)n2)nc1N. The van der Waals surface area contributed by atoms with Gasteiger partial charge in [-0.2, -0.15) is 5.10 Å². The fourth-order valence-corrected chi connectivity index (χ4v) is 4.20. The number of nitrogens with two attached hydrogens (primary N) is 1. The second-order valence-electron chi connectivity index (χ2n) is 8.53. The Hall–Kier alpha value is -4.60. The van der Waals surface area contributed by atoms with Gasteiger partial charge in [-0.15, -0.1) is 0 Å². The minimum Gasteiger partial charge on any atom is -0.443 e. The van der Waals surface area contributed by atoms with Gasteiger partial charge >= 0.3 is 0 Å². The van der Waals surface area contributed by atoms with Gasteiger partial charge in [0.2, 0.25) is 5.89 Å². The van der Waals surface area contributed by atoms with Crippen LogP contribution in [0.3, 0.4) is 0 Å². The Kier molecular flexibility index (Phi) is 6.16. The molecule has 1 aliphatic carbocycles. The molecule has 1 aliphatic rings. The Balaban J connectivity index is 1.45. The summed E-state index contributed by atoms with van der Waals surface area (Å²) in [7, 11) is 0. The topological polar surface area (TPSA) is 125 Å². The largest absolute Gasteiger partial charge is 0.443 e. The van der Waals surface area contributed by atoms with Gasteiger partial charge in [-0.25, -0.2) is 19.3 Å². The molecule has 3 N–H and O–H groups in total. The highest BCUT2D eigenvalue weighted by atomic mass is 19.1. The van der Waals surface area contributed by atoms with E-state index in [1.165, 1.54) is 24.7 Å². The maximum atomic E-state index is 14.3. The number of allylic oxidation sites excluding steroid dienone is 2. The van der Waals surface area contributed by atoms with Crippen LogP contribution in [0.2, 0.25) is 0 Å². The number of rotatable bonds is 6. The van der Waals surface area contributed by atoms with Crippen LogP contribution in [0.25, 0.3) is 23.1 Å². The fraction of sp³-hybridized carbons (Fsp3) is 0.192. The lowest BCUT2D eigenvalue weighted by Crippen LogP contribution is -2.19. The first-order chi connectivity index (χ1) is 17.4. The van der Waals surface area contributed by atoms with E-state index < -0.39 is 0 Å². The van der Waals surface area contributed by atoms with Gasteiger partial charge in [-0.3, -0.25) is 9.48 Å². The first-order valence-electron chi connectivity index (χ1n) is 11.4. The highest BCUT2D eigenvalue weighted by Gasteiger charge is 2.21. The van der Waals surface area contributed by atoms with Gasteiger partial charge in [0, 0.05) is 17.2 Å². The maximum absolute atomic E-state index is 14.3. The van der Waals surface area contributed by atoms with Crippen molar-refractivity contribution < 1.29 is 13.6 Å². The number of anilines is 2. The van der Waals surface area contributed by atoms with E-state index in [1.54, 1.807) is 28.9 Å². The van der Waals surface area contributed by atoms with Crippen LogP contribution in [-0.2, 0) is 11.3 Å². The molecule has 10 heteroatoms. The molecular formula is C26H24FN7O2. The highest BCUT2D eigenvalue weighted by Crippen LogP contribution is 2.29. The predicted molar refractivity (Wildman–Crippen MR) is 133 cm³/mol. The third-order valence-electron chi connectivity index (χ3n) is 6.02. The minimum absolute atomic E-state index is 0.102. The number of nitrogens with zero attached hydrogens (tertiary/aromatic N) is 5. The second kappa shape index (κ2) is 9.57. The Morgan fingerprint density at radius 1 is 1.25 bits per heavy atom. The average Bonchev–Trinajstić information content (AvgIpc) is 3.52. The number of nitrogens with one attached hydrogen (secondary N) is 1. The Labute approximate surface area is 206 Å². The van der Waals surface area contributed by atoms with Gasteiger partial charge < -0.3 is 15.5 Å². The minimum atomic E-state index is -0.345. The number of halogens is 1. The third kappa shape index (κ3) is 4.52. The van der Waals surface area contributed by atoms with Gasteiger partial charge in [0.05, 0.1) is 18.9 Å². The van der Waals surface area contributed by atoms with E-state index in [0.29, 0.717) is 34.1 Å². The molecule has 0 bridgehead atoms. The molecule has 0 saturated carbocycles. The zero-order valence-corrected chi connectivity index (χ0v) is 19.8. The summed E-state index contributed by atoms with van der Waals surface area (Å²) >= 11 is 0. The van der Waals surface area contributed by atoms with E-state index in [2.05, 4.69) is 25.4 Å². The van der Waals surface area contributed by atoms with Gasteiger partial charge in [0.1, 0.15) is 29.2 Å². The van der Waals surface area contributed by atoms with Crippen molar-refractivity contribution in [1.82, 2.24) is 24.7 Å². The first-order valence-corrected chi connectivity index (χ1v) is 11.4. The van der Waals surface area contributed by atoms with E-state index in [9.17, 15) is 9.18 Å². The lowest BCUT2D eigenvalue weighted by molar-refractivity contribution is -0.112. The zero-order chi connectivity index (χ0) is 25.2. The van der Waals surface area contributed by atoms with Crippen LogP contribution in [0.4, 0.5) is 15.9 Å². The van der Waals surface area contributed by atoms with Crippen LogP contribution >= 0.6 is 0 Å². The summed E-state index contributed by atoms with van der Waals surface area (Å²) in [4.78, 5) is 25.8. The summed E-state index contributed by atoms with van der Waals surface area (Å²) in [5, 5.41) is 7.38. The molecule has 1 amide bonds. The summed E-state index contributed by atoms with van der Waals surface area (Å²) in [5.41, 5.74) is 10.5. The molecule has 5 rings (SSSR count). The number of hydrogen-bond acceptors (Lipinski definition) is 7. The van der Waals surface area contributed by atoms with Crippen LogP contribution in [0, 0.1) is 5.82 Å². The molecule has 0 fully saturated rings. The number of hydrogen-bond donors (Lipinski definition) is 2. The number of nitrogen functional groups attached to an aromatic ring is 1. The number of oxazole rings is 1.